The van der Waals surface area contributed by atoms with Crippen molar-refractivity contribution in [1.82, 2.24) is 0 Å². The van der Waals surface area contributed by atoms with E-state index in [1.807, 2.05) is 67.5 Å². The van der Waals surface area contributed by atoms with Crippen LogP contribution in [-0.4, -0.2) is 14.1 Å². The maximum atomic E-state index is 6.29. The lowest BCUT2D eigenvalue weighted by Gasteiger charge is -2.19. The third-order valence-electron chi connectivity index (χ3n) is 3.08. The normalized spacial score (nSPS) is 12.2. The average Bonchev–Trinajstić information content (AvgIpc) is 2.39. The molecule has 94 valence electrons. The molecule has 1 unspecified atom stereocenters. The molecule has 1 atom stereocenters. The predicted molar refractivity (Wildman–Crippen MR) is 77.7 cm³/mol. The topological polar surface area (TPSA) is 55.3 Å². The van der Waals surface area contributed by atoms with Gasteiger partial charge in [0.1, 0.15) is 0 Å². The molecule has 3 heteroatoms. The van der Waals surface area contributed by atoms with Gasteiger partial charge in [0.05, 0.1) is 6.04 Å². The van der Waals surface area contributed by atoms with Crippen LogP contribution in [0.1, 0.15) is 17.2 Å². The van der Waals surface area contributed by atoms with Gasteiger partial charge in [0, 0.05) is 25.5 Å². The molecule has 0 spiro atoms. The van der Waals surface area contributed by atoms with E-state index in [9.17, 15) is 0 Å². The zero-order valence-corrected chi connectivity index (χ0v) is 10.8. The molecule has 0 bridgehead atoms. The minimum Gasteiger partial charge on any atom is -0.398 e. The highest BCUT2D eigenvalue weighted by Gasteiger charge is 2.12. The number of nitrogen functional groups attached to an aromatic ring is 1. The van der Waals surface area contributed by atoms with Crippen LogP contribution in [-0.2, 0) is 0 Å². The molecule has 4 N–H and O–H groups in total. The molecule has 0 aliphatic heterocycles. The number of hydrogen-bond acceptors (Lipinski definition) is 3. The summed E-state index contributed by atoms with van der Waals surface area (Å²) in [6, 6.07) is 15.8. The van der Waals surface area contributed by atoms with Crippen LogP contribution in [0.15, 0.2) is 48.5 Å². The zero-order chi connectivity index (χ0) is 13.1. The summed E-state index contributed by atoms with van der Waals surface area (Å²) in [4.78, 5) is 2.04. The molecular formula is C15H19N3. The maximum absolute atomic E-state index is 6.29. The van der Waals surface area contributed by atoms with Gasteiger partial charge in [-0.15, -0.1) is 0 Å². The molecule has 3 nitrogen and oxygen atoms in total. The van der Waals surface area contributed by atoms with Gasteiger partial charge >= 0.3 is 0 Å². The van der Waals surface area contributed by atoms with Gasteiger partial charge in [-0.05, 0) is 29.3 Å². The molecule has 0 radical (unpaired) electrons. The molecule has 0 aliphatic carbocycles. The number of nitrogens with two attached hydrogens (primary N) is 2. The summed E-state index contributed by atoms with van der Waals surface area (Å²) in [7, 11) is 4.01. The fourth-order valence-corrected chi connectivity index (χ4v) is 1.95. The first-order valence-corrected chi connectivity index (χ1v) is 5.97. The standard InChI is InChI=1S/C15H19N3/c1-18(2)12-8-9-14(16)13(10-12)15(17)11-6-4-3-5-7-11/h3-10,15H,16-17H2,1-2H3. The Kier molecular flexibility index (Phi) is 3.53. The molecule has 0 heterocycles. The molecule has 0 saturated heterocycles. The lowest BCUT2D eigenvalue weighted by molar-refractivity contribution is 0.873. The Balaban J connectivity index is 2.41. The smallest absolute Gasteiger partial charge is 0.0572 e. The Morgan fingerprint density at radius 1 is 1.00 bits per heavy atom. The fourth-order valence-electron chi connectivity index (χ4n) is 1.95. The van der Waals surface area contributed by atoms with Crippen molar-refractivity contribution in [3.05, 3.63) is 59.7 Å². The van der Waals surface area contributed by atoms with E-state index in [1.165, 1.54) is 0 Å². The van der Waals surface area contributed by atoms with Crippen molar-refractivity contribution in [2.45, 2.75) is 6.04 Å². The first-order chi connectivity index (χ1) is 8.59. The highest BCUT2D eigenvalue weighted by Crippen LogP contribution is 2.28. The summed E-state index contributed by atoms with van der Waals surface area (Å²) in [6.07, 6.45) is 0. The Morgan fingerprint density at radius 2 is 1.67 bits per heavy atom. The molecule has 0 fully saturated rings. The lowest BCUT2D eigenvalue weighted by atomic mass is 9.97. The number of benzene rings is 2. The Hall–Kier alpha value is -2.00. The summed E-state index contributed by atoms with van der Waals surface area (Å²) in [5.41, 5.74) is 16.2. The van der Waals surface area contributed by atoms with Crippen LogP contribution >= 0.6 is 0 Å². The van der Waals surface area contributed by atoms with Crippen molar-refractivity contribution in [3.8, 4) is 0 Å². The van der Waals surface area contributed by atoms with Crippen molar-refractivity contribution in [2.24, 2.45) is 5.73 Å². The van der Waals surface area contributed by atoms with Crippen LogP contribution in [0.25, 0.3) is 0 Å². The quantitative estimate of drug-likeness (QED) is 0.811. The third-order valence-corrected chi connectivity index (χ3v) is 3.08. The minimum atomic E-state index is -0.189. The van der Waals surface area contributed by atoms with Gasteiger partial charge in [-0.3, -0.25) is 0 Å². The van der Waals surface area contributed by atoms with E-state index >= 15 is 0 Å². The van der Waals surface area contributed by atoms with E-state index in [-0.39, 0.29) is 6.04 Å². The summed E-state index contributed by atoms with van der Waals surface area (Å²) < 4.78 is 0. The Bertz CT molecular complexity index is 521. The van der Waals surface area contributed by atoms with Crippen molar-refractivity contribution >= 4 is 11.4 Å². The van der Waals surface area contributed by atoms with Crippen molar-refractivity contribution in [3.63, 3.8) is 0 Å². The lowest BCUT2D eigenvalue weighted by Crippen LogP contribution is -2.16. The summed E-state index contributed by atoms with van der Waals surface area (Å²) in [5.74, 6) is 0. The number of nitrogens with zero attached hydrogens (tertiary/aromatic N) is 1. The van der Waals surface area contributed by atoms with Gasteiger partial charge in [0.15, 0.2) is 0 Å². The van der Waals surface area contributed by atoms with Gasteiger partial charge < -0.3 is 16.4 Å². The van der Waals surface area contributed by atoms with Crippen LogP contribution in [0, 0.1) is 0 Å². The van der Waals surface area contributed by atoms with Gasteiger partial charge in [0.2, 0.25) is 0 Å². The molecule has 18 heavy (non-hydrogen) atoms. The minimum absolute atomic E-state index is 0.189. The second kappa shape index (κ2) is 5.10. The Labute approximate surface area is 108 Å². The van der Waals surface area contributed by atoms with Crippen LogP contribution in [0.2, 0.25) is 0 Å². The largest absolute Gasteiger partial charge is 0.398 e. The van der Waals surface area contributed by atoms with E-state index in [4.69, 9.17) is 11.5 Å². The third kappa shape index (κ3) is 2.46. The highest BCUT2D eigenvalue weighted by atomic mass is 15.1. The fraction of sp³-hybridized carbons (Fsp3) is 0.200. The van der Waals surface area contributed by atoms with Crippen LogP contribution in [0.5, 0.6) is 0 Å². The van der Waals surface area contributed by atoms with Crippen molar-refractivity contribution in [1.29, 1.82) is 0 Å². The maximum Gasteiger partial charge on any atom is 0.0572 e. The second-order valence-corrected chi connectivity index (χ2v) is 4.60. The van der Waals surface area contributed by atoms with Gasteiger partial charge in [0.25, 0.3) is 0 Å². The van der Waals surface area contributed by atoms with E-state index in [0.717, 1.165) is 22.5 Å². The summed E-state index contributed by atoms with van der Waals surface area (Å²) in [5, 5.41) is 0. The van der Waals surface area contributed by atoms with Crippen LogP contribution < -0.4 is 16.4 Å². The molecule has 0 saturated carbocycles. The number of rotatable bonds is 3. The summed E-state index contributed by atoms with van der Waals surface area (Å²) in [6.45, 7) is 0. The zero-order valence-electron chi connectivity index (χ0n) is 10.8. The van der Waals surface area contributed by atoms with Gasteiger partial charge in [-0.2, -0.15) is 0 Å². The number of hydrogen-bond donors (Lipinski definition) is 2. The van der Waals surface area contributed by atoms with Crippen LogP contribution in [0.4, 0.5) is 11.4 Å². The summed E-state index contributed by atoms with van der Waals surface area (Å²) >= 11 is 0. The number of anilines is 2. The molecule has 2 aromatic carbocycles. The van der Waals surface area contributed by atoms with E-state index in [1.54, 1.807) is 0 Å². The van der Waals surface area contributed by atoms with E-state index in [0.29, 0.717) is 0 Å². The first-order valence-electron chi connectivity index (χ1n) is 5.97. The average molecular weight is 241 g/mol. The Morgan fingerprint density at radius 3 is 2.28 bits per heavy atom. The molecule has 2 rings (SSSR count). The van der Waals surface area contributed by atoms with Crippen LogP contribution in [0.3, 0.4) is 0 Å². The van der Waals surface area contributed by atoms with Gasteiger partial charge in [-0.25, -0.2) is 0 Å². The molecule has 0 amide bonds. The first kappa shape index (κ1) is 12.5. The van der Waals surface area contributed by atoms with Crippen molar-refractivity contribution in [2.75, 3.05) is 24.7 Å². The van der Waals surface area contributed by atoms with E-state index < -0.39 is 0 Å². The van der Waals surface area contributed by atoms with Gasteiger partial charge in [-0.1, -0.05) is 30.3 Å². The molecule has 2 aromatic rings. The molecular weight excluding hydrogens is 222 g/mol. The predicted octanol–water partition coefficient (Wildman–Crippen LogP) is 2.38. The van der Waals surface area contributed by atoms with Crippen molar-refractivity contribution < 1.29 is 0 Å². The monoisotopic (exact) mass is 241 g/mol. The van der Waals surface area contributed by atoms with E-state index in [2.05, 4.69) is 0 Å². The SMILES string of the molecule is CN(C)c1ccc(N)c(C(N)c2ccccc2)c1. The molecule has 0 aromatic heterocycles. The highest BCUT2D eigenvalue weighted by molar-refractivity contribution is 5.60. The second-order valence-electron chi connectivity index (χ2n) is 4.60. The molecule has 0 aliphatic rings.